The van der Waals surface area contributed by atoms with Gasteiger partial charge in [-0.15, -0.1) is 0 Å². The molecule has 0 radical (unpaired) electrons. The number of benzene rings is 1. The Kier molecular flexibility index (Phi) is 2.13. The van der Waals surface area contributed by atoms with Crippen LogP contribution in [0.25, 0.3) is 0 Å². The van der Waals surface area contributed by atoms with E-state index in [4.69, 9.17) is 0 Å². The molecule has 0 unspecified atom stereocenters. The molecular formula is C12H16O2. The predicted octanol–water partition coefficient (Wildman–Crippen LogP) is 1.66. The van der Waals surface area contributed by atoms with Crippen molar-refractivity contribution in [3.05, 3.63) is 35.4 Å². The number of hydrogen-bond acceptors (Lipinski definition) is 2. The van der Waals surface area contributed by atoms with E-state index in [2.05, 4.69) is 0 Å². The normalized spacial score (nSPS) is 29.7. The molecule has 0 aliphatic heterocycles. The number of aliphatic hydroxyl groups is 2. The van der Waals surface area contributed by atoms with Crippen LogP contribution in [0.1, 0.15) is 31.1 Å². The summed E-state index contributed by atoms with van der Waals surface area (Å²) in [5, 5.41) is 19.8. The lowest BCUT2D eigenvalue weighted by Crippen LogP contribution is -2.40. The molecule has 0 bridgehead atoms. The molecule has 1 aromatic rings. The SMILES string of the molecule is CC1(C)Cc2ccccc2[C@H](O)[C@@H]1O. The fraction of sp³-hybridized carbons (Fsp3) is 0.500. The Balaban J connectivity index is 2.48. The van der Waals surface area contributed by atoms with Crippen molar-refractivity contribution in [2.45, 2.75) is 32.5 Å². The molecule has 0 fully saturated rings. The molecule has 0 saturated carbocycles. The summed E-state index contributed by atoms with van der Waals surface area (Å²) in [5.74, 6) is 0. The van der Waals surface area contributed by atoms with Crippen LogP contribution in [0, 0.1) is 5.41 Å². The van der Waals surface area contributed by atoms with Crippen LogP contribution in [0.4, 0.5) is 0 Å². The van der Waals surface area contributed by atoms with Crippen LogP contribution >= 0.6 is 0 Å². The van der Waals surface area contributed by atoms with Gasteiger partial charge in [-0.25, -0.2) is 0 Å². The van der Waals surface area contributed by atoms with Gasteiger partial charge in [0.1, 0.15) is 6.10 Å². The third kappa shape index (κ3) is 1.35. The van der Waals surface area contributed by atoms with Gasteiger partial charge in [-0.05, 0) is 23.0 Å². The maximum atomic E-state index is 9.92. The predicted molar refractivity (Wildman–Crippen MR) is 54.9 cm³/mol. The van der Waals surface area contributed by atoms with Gasteiger partial charge >= 0.3 is 0 Å². The molecule has 76 valence electrons. The summed E-state index contributed by atoms with van der Waals surface area (Å²) in [4.78, 5) is 0. The first-order valence-electron chi connectivity index (χ1n) is 4.96. The first kappa shape index (κ1) is 9.69. The summed E-state index contributed by atoms with van der Waals surface area (Å²) in [6.45, 7) is 3.97. The summed E-state index contributed by atoms with van der Waals surface area (Å²) < 4.78 is 0. The molecule has 0 spiro atoms. The Morgan fingerprint density at radius 1 is 1.21 bits per heavy atom. The van der Waals surface area contributed by atoms with Crippen molar-refractivity contribution < 1.29 is 10.2 Å². The van der Waals surface area contributed by atoms with Crippen molar-refractivity contribution in [2.75, 3.05) is 0 Å². The van der Waals surface area contributed by atoms with Gasteiger partial charge in [-0.1, -0.05) is 38.1 Å². The zero-order chi connectivity index (χ0) is 10.3. The maximum Gasteiger partial charge on any atom is 0.106 e. The smallest absolute Gasteiger partial charge is 0.106 e. The van der Waals surface area contributed by atoms with E-state index in [1.54, 1.807) is 0 Å². The lowest BCUT2D eigenvalue weighted by Gasteiger charge is -2.39. The largest absolute Gasteiger partial charge is 0.389 e. The first-order valence-corrected chi connectivity index (χ1v) is 4.96. The van der Waals surface area contributed by atoms with Crippen LogP contribution < -0.4 is 0 Å². The third-order valence-corrected chi connectivity index (χ3v) is 3.12. The minimum Gasteiger partial charge on any atom is -0.389 e. The van der Waals surface area contributed by atoms with Crippen molar-refractivity contribution in [2.24, 2.45) is 5.41 Å². The topological polar surface area (TPSA) is 40.5 Å². The first-order chi connectivity index (χ1) is 6.52. The van der Waals surface area contributed by atoms with E-state index in [0.717, 1.165) is 17.5 Å². The molecule has 2 rings (SSSR count). The second-order valence-corrected chi connectivity index (χ2v) is 4.75. The van der Waals surface area contributed by atoms with Gasteiger partial charge in [-0.2, -0.15) is 0 Å². The second kappa shape index (κ2) is 3.07. The molecule has 1 aliphatic rings. The average molecular weight is 192 g/mol. The molecule has 1 aromatic carbocycles. The maximum absolute atomic E-state index is 9.92. The number of aliphatic hydroxyl groups excluding tert-OH is 2. The zero-order valence-corrected chi connectivity index (χ0v) is 8.57. The number of hydrogen-bond donors (Lipinski definition) is 2. The minimum atomic E-state index is -0.741. The lowest BCUT2D eigenvalue weighted by atomic mass is 9.71. The molecule has 0 heterocycles. The van der Waals surface area contributed by atoms with Crippen LogP contribution in [-0.4, -0.2) is 16.3 Å². The highest BCUT2D eigenvalue weighted by atomic mass is 16.3. The summed E-state index contributed by atoms with van der Waals surface area (Å²) >= 11 is 0. The van der Waals surface area contributed by atoms with Crippen molar-refractivity contribution >= 4 is 0 Å². The molecule has 2 N–H and O–H groups in total. The van der Waals surface area contributed by atoms with Crippen molar-refractivity contribution in [3.63, 3.8) is 0 Å². The van der Waals surface area contributed by atoms with Crippen molar-refractivity contribution in [1.82, 2.24) is 0 Å². The molecule has 0 amide bonds. The Labute approximate surface area is 84.2 Å². The summed E-state index contributed by atoms with van der Waals surface area (Å²) in [5.41, 5.74) is 1.78. The Hall–Kier alpha value is -0.860. The second-order valence-electron chi connectivity index (χ2n) is 4.75. The highest BCUT2D eigenvalue weighted by Gasteiger charge is 2.39. The van der Waals surface area contributed by atoms with Crippen molar-refractivity contribution in [3.8, 4) is 0 Å². The van der Waals surface area contributed by atoms with Gasteiger partial charge < -0.3 is 10.2 Å². The van der Waals surface area contributed by atoms with Crippen LogP contribution in [0.3, 0.4) is 0 Å². The monoisotopic (exact) mass is 192 g/mol. The minimum absolute atomic E-state index is 0.242. The molecule has 1 aliphatic carbocycles. The standard InChI is InChI=1S/C12H16O2/c1-12(2)7-8-5-3-4-6-9(8)10(13)11(12)14/h3-6,10-11,13-14H,7H2,1-2H3/t10-,11-/m0/s1. The van der Waals surface area contributed by atoms with Crippen molar-refractivity contribution in [1.29, 1.82) is 0 Å². The molecule has 2 atom stereocenters. The number of fused-ring (bicyclic) bond motifs is 1. The fourth-order valence-electron chi connectivity index (χ4n) is 2.18. The Bertz CT molecular complexity index is 344. The van der Waals surface area contributed by atoms with E-state index in [9.17, 15) is 10.2 Å². The van der Waals surface area contributed by atoms with Gasteiger partial charge in [0, 0.05) is 0 Å². The van der Waals surface area contributed by atoms with Gasteiger partial charge in [0.25, 0.3) is 0 Å². The molecule has 0 saturated heterocycles. The van der Waals surface area contributed by atoms with Gasteiger partial charge in [0.2, 0.25) is 0 Å². The van der Waals surface area contributed by atoms with Crippen LogP contribution in [0.2, 0.25) is 0 Å². The molecular weight excluding hydrogens is 176 g/mol. The molecule has 0 aromatic heterocycles. The highest BCUT2D eigenvalue weighted by molar-refractivity contribution is 5.34. The summed E-state index contributed by atoms with van der Waals surface area (Å²) in [6, 6.07) is 7.77. The van der Waals surface area contributed by atoms with E-state index in [1.165, 1.54) is 0 Å². The molecule has 2 nitrogen and oxygen atoms in total. The third-order valence-electron chi connectivity index (χ3n) is 3.12. The van der Waals surface area contributed by atoms with Gasteiger partial charge in [-0.3, -0.25) is 0 Å². The zero-order valence-electron chi connectivity index (χ0n) is 8.57. The molecule has 2 heteroatoms. The fourth-order valence-corrected chi connectivity index (χ4v) is 2.18. The van der Waals surface area contributed by atoms with Gasteiger partial charge in [0.05, 0.1) is 6.10 Å². The highest BCUT2D eigenvalue weighted by Crippen LogP contribution is 2.40. The van der Waals surface area contributed by atoms with Crippen LogP contribution in [0.15, 0.2) is 24.3 Å². The van der Waals surface area contributed by atoms with E-state index in [0.29, 0.717) is 0 Å². The lowest BCUT2D eigenvalue weighted by molar-refractivity contribution is -0.0625. The Morgan fingerprint density at radius 2 is 1.86 bits per heavy atom. The quantitative estimate of drug-likeness (QED) is 0.656. The van der Waals surface area contributed by atoms with Crippen LogP contribution in [-0.2, 0) is 6.42 Å². The average Bonchev–Trinajstić information content (AvgIpc) is 2.14. The summed E-state index contributed by atoms with van der Waals surface area (Å²) in [7, 11) is 0. The van der Waals surface area contributed by atoms with Gasteiger partial charge in [0.15, 0.2) is 0 Å². The number of rotatable bonds is 0. The van der Waals surface area contributed by atoms with E-state index in [-0.39, 0.29) is 5.41 Å². The molecule has 14 heavy (non-hydrogen) atoms. The van der Waals surface area contributed by atoms with E-state index >= 15 is 0 Å². The summed E-state index contributed by atoms with van der Waals surface area (Å²) in [6.07, 6.45) is -0.589. The van der Waals surface area contributed by atoms with Crippen LogP contribution in [0.5, 0.6) is 0 Å². The Morgan fingerprint density at radius 3 is 2.57 bits per heavy atom. The van der Waals surface area contributed by atoms with E-state index in [1.807, 2.05) is 38.1 Å². The van der Waals surface area contributed by atoms with E-state index < -0.39 is 12.2 Å².